The quantitative estimate of drug-likeness (QED) is 0.762. The molecule has 0 aliphatic rings. The van der Waals surface area contributed by atoms with E-state index in [1.165, 1.54) is 5.56 Å². The first-order valence-electron chi connectivity index (χ1n) is 6.52. The fourth-order valence-electron chi connectivity index (χ4n) is 2.05. The highest BCUT2D eigenvalue weighted by molar-refractivity contribution is 5.74. The molecule has 0 amide bonds. The van der Waals surface area contributed by atoms with Crippen molar-refractivity contribution >= 4 is 11.0 Å². The second-order valence-corrected chi connectivity index (χ2v) is 5.94. The van der Waals surface area contributed by atoms with E-state index in [1.54, 1.807) is 0 Å². The Hall–Kier alpha value is -1.59. The van der Waals surface area contributed by atoms with Gasteiger partial charge in [0.2, 0.25) is 0 Å². The molecule has 0 atom stereocenters. The molecule has 2 rings (SSSR count). The van der Waals surface area contributed by atoms with Crippen LogP contribution in [0.15, 0.2) is 23.0 Å². The number of rotatable bonds is 5. The zero-order valence-electron chi connectivity index (χ0n) is 11.8. The Morgan fingerprint density at radius 2 is 1.95 bits per heavy atom. The van der Waals surface area contributed by atoms with Gasteiger partial charge in [0.05, 0.1) is 11.0 Å². The number of imidazole rings is 1. The highest BCUT2D eigenvalue weighted by atomic mass is 16.1. The van der Waals surface area contributed by atoms with Crippen molar-refractivity contribution in [3.8, 4) is 0 Å². The van der Waals surface area contributed by atoms with Gasteiger partial charge in [0.1, 0.15) is 0 Å². The Bertz CT molecular complexity index is 606. The number of aromatic nitrogens is 2. The second kappa shape index (κ2) is 5.19. The van der Waals surface area contributed by atoms with Gasteiger partial charge in [0, 0.05) is 12.1 Å². The molecule has 2 aromatic rings. The largest absolute Gasteiger partial charge is 0.326 e. The summed E-state index contributed by atoms with van der Waals surface area (Å²) in [5.41, 5.74) is 8.57. The van der Waals surface area contributed by atoms with Crippen LogP contribution in [0.2, 0.25) is 0 Å². The Labute approximate surface area is 112 Å². The van der Waals surface area contributed by atoms with Gasteiger partial charge in [-0.05, 0) is 51.6 Å². The van der Waals surface area contributed by atoms with Crippen molar-refractivity contribution in [2.75, 3.05) is 13.6 Å². The lowest BCUT2D eigenvalue weighted by molar-refractivity contribution is 0.289. The van der Waals surface area contributed by atoms with Gasteiger partial charge in [-0.1, -0.05) is 6.07 Å². The Morgan fingerprint density at radius 1 is 1.26 bits per heavy atom. The van der Waals surface area contributed by atoms with Crippen LogP contribution >= 0.6 is 0 Å². The van der Waals surface area contributed by atoms with Crippen LogP contribution in [0.4, 0.5) is 0 Å². The normalized spacial score (nSPS) is 12.5. The summed E-state index contributed by atoms with van der Waals surface area (Å²) in [6.45, 7) is 5.87. The third-order valence-electron chi connectivity index (χ3n) is 3.17. The van der Waals surface area contributed by atoms with Crippen LogP contribution in [0.1, 0.15) is 25.8 Å². The molecule has 0 aliphatic carbocycles. The first-order valence-corrected chi connectivity index (χ1v) is 6.52. The molecule has 1 heterocycles. The fourth-order valence-corrected chi connectivity index (χ4v) is 2.05. The smallest absolute Gasteiger partial charge is 0.323 e. The van der Waals surface area contributed by atoms with Crippen LogP contribution in [0.25, 0.3) is 11.0 Å². The summed E-state index contributed by atoms with van der Waals surface area (Å²) in [6, 6.07) is 5.98. The van der Waals surface area contributed by atoms with Gasteiger partial charge in [-0.25, -0.2) is 4.79 Å². The lowest BCUT2D eigenvalue weighted by Gasteiger charge is -2.23. The van der Waals surface area contributed by atoms with Crippen molar-refractivity contribution in [3.63, 3.8) is 0 Å². The molecule has 0 fully saturated rings. The molecule has 0 unspecified atom stereocenters. The number of hydrogen-bond acceptors (Lipinski definition) is 3. The van der Waals surface area contributed by atoms with E-state index in [0.29, 0.717) is 0 Å². The average Bonchev–Trinajstić information content (AvgIpc) is 2.65. The number of hydrogen-bond donors (Lipinski definition) is 3. The van der Waals surface area contributed by atoms with Crippen molar-refractivity contribution in [3.05, 3.63) is 34.2 Å². The summed E-state index contributed by atoms with van der Waals surface area (Å²) >= 11 is 0. The summed E-state index contributed by atoms with van der Waals surface area (Å²) in [5.74, 6) is 0. The molecule has 4 N–H and O–H groups in total. The molecule has 0 aliphatic heterocycles. The molecule has 0 saturated heterocycles. The van der Waals surface area contributed by atoms with E-state index in [-0.39, 0.29) is 11.2 Å². The number of nitrogens with one attached hydrogen (secondary N) is 2. The van der Waals surface area contributed by atoms with Gasteiger partial charge in [0.15, 0.2) is 0 Å². The SMILES string of the molecule is CN(CCC(C)(C)N)Cc1ccc2[nH]c(=O)[nH]c2c1. The van der Waals surface area contributed by atoms with Crippen LogP contribution in [0.3, 0.4) is 0 Å². The monoisotopic (exact) mass is 262 g/mol. The number of H-pyrrole nitrogens is 2. The first kappa shape index (κ1) is 13.8. The predicted octanol–water partition coefficient (Wildman–Crippen LogP) is 1.42. The van der Waals surface area contributed by atoms with Crippen molar-refractivity contribution in [2.45, 2.75) is 32.4 Å². The van der Waals surface area contributed by atoms with Crippen molar-refractivity contribution in [2.24, 2.45) is 5.73 Å². The molecule has 0 spiro atoms. The highest BCUT2D eigenvalue weighted by Gasteiger charge is 2.12. The molecule has 5 heteroatoms. The van der Waals surface area contributed by atoms with Crippen LogP contribution in [-0.2, 0) is 6.54 Å². The van der Waals surface area contributed by atoms with Gasteiger partial charge >= 0.3 is 5.69 Å². The van der Waals surface area contributed by atoms with Gasteiger partial charge in [0.25, 0.3) is 0 Å². The minimum Gasteiger partial charge on any atom is -0.326 e. The molecule has 1 aromatic carbocycles. The molecule has 0 bridgehead atoms. The van der Waals surface area contributed by atoms with Crippen molar-refractivity contribution in [1.82, 2.24) is 14.9 Å². The zero-order valence-corrected chi connectivity index (χ0v) is 11.8. The summed E-state index contributed by atoms with van der Waals surface area (Å²) < 4.78 is 0. The maximum atomic E-state index is 11.2. The maximum absolute atomic E-state index is 11.2. The number of nitrogens with zero attached hydrogens (tertiary/aromatic N) is 1. The van der Waals surface area contributed by atoms with Gasteiger partial charge in [-0.15, -0.1) is 0 Å². The minimum absolute atomic E-state index is 0.135. The maximum Gasteiger partial charge on any atom is 0.323 e. The minimum atomic E-state index is -0.162. The number of benzene rings is 1. The number of aromatic amines is 2. The van der Waals surface area contributed by atoms with E-state index in [1.807, 2.05) is 32.0 Å². The lowest BCUT2D eigenvalue weighted by Crippen LogP contribution is -2.36. The van der Waals surface area contributed by atoms with E-state index >= 15 is 0 Å². The molecule has 0 radical (unpaired) electrons. The fraction of sp³-hybridized carbons (Fsp3) is 0.500. The first-order chi connectivity index (χ1) is 8.83. The van der Waals surface area contributed by atoms with E-state index in [2.05, 4.69) is 21.9 Å². The Balaban J connectivity index is 2.02. The van der Waals surface area contributed by atoms with E-state index in [9.17, 15) is 4.79 Å². The number of fused-ring (bicyclic) bond motifs is 1. The third kappa shape index (κ3) is 3.94. The summed E-state index contributed by atoms with van der Waals surface area (Å²) in [6.07, 6.45) is 0.951. The molecule has 104 valence electrons. The van der Waals surface area contributed by atoms with Crippen LogP contribution in [-0.4, -0.2) is 34.0 Å². The van der Waals surface area contributed by atoms with Crippen LogP contribution in [0.5, 0.6) is 0 Å². The topological polar surface area (TPSA) is 77.9 Å². The molecule has 1 aromatic heterocycles. The van der Waals surface area contributed by atoms with Gasteiger partial charge in [-0.3, -0.25) is 0 Å². The molecule has 5 nitrogen and oxygen atoms in total. The molecule has 19 heavy (non-hydrogen) atoms. The Kier molecular flexibility index (Phi) is 3.78. The van der Waals surface area contributed by atoms with E-state index in [4.69, 9.17) is 5.73 Å². The molecular weight excluding hydrogens is 240 g/mol. The average molecular weight is 262 g/mol. The van der Waals surface area contributed by atoms with Crippen LogP contribution < -0.4 is 11.4 Å². The lowest BCUT2D eigenvalue weighted by atomic mass is 10.0. The highest BCUT2D eigenvalue weighted by Crippen LogP contribution is 2.12. The Morgan fingerprint density at radius 3 is 2.63 bits per heavy atom. The van der Waals surface area contributed by atoms with Crippen molar-refractivity contribution < 1.29 is 0 Å². The van der Waals surface area contributed by atoms with Crippen molar-refractivity contribution in [1.29, 1.82) is 0 Å². The summed E-state index contributed by atoms with van der Waals surface area (Å²) in [4.78, 5) is 19.0. The summed E-state index contributed by atoms with van der Waals surface area (Å²) in [7, 11) is 2.08. The predicted molar refractivity (Wildman–Crippen MR) is 78.1 cm³/mol. The molecular formula is C14H22N4O. The van der Waals surface area contributed by atoms with E-state index in [0.717, 1.165) is 30.5 Å². The molecule has 0 saturated carbocycles. The summed E-state index contributed by atoms with van der Waals surface area (Å²) in [5, 5.41) is 0. The van der Waals surface area contributed by atoms with Gasteiger partial charge < -0.3 is 20.6 Å². The van der Waals surface area contributed by atoms with E-state index < -0.39 is 0 Å². The standard InChI is InChI=1S/C14H22N4O/c1-14(2,15)6-7-18(3)9-10-4-5-11-12(8-10)17-13(19)16-11/h4-5,8H,6-7,9,15H2,1-3H3,(H2,16,17,19). The third-order valence-corrected chi connectivity index (χ3v) is 3.17. The number of nitrogens with two attached hydrogens (primary N) is 1. The van der Waals surface area contributed by atoms with Gasteiger partial charge in [-0.2, -0.15) is 0 Å². The second-order valence-electron chi connectivity index (χ2n) is 5.94. The zero-order chi connectivity index (χ0) is 14.0. The van der Waals surface area contributed by atoms with Crippen LogP contribution in [0, 0.1) is 0 Å².